The Labute approximate surface area is 105 Å². The summed E-state index contributed by atoms with van der Waals surface area (Å²) in [6, 6.07) is 5.93. The van der Waals surface area contributed by atoms with E-state index in [9.17, 15) is 0 Å². The minimum atomic E-state index is 0.420. The molecule has 2 aromatic rings. The third-order valence-electron chi connectivity index (χ3n) is 2.14. The largest absolute Gasteiger partial charge is 0.251 e. The van der Waals surface area contributed by atoms with Crippen LogP contribution in [0.2, 0.25) is 5.15 Å². The first kappa shape index (κ1) is 11.4. The van der Waals surface area contributed by atoms with Crippen molar-refractivity contribution < 1.29 is 0 Å². The molecule has 0 radical (unpaired) electrons. The number of allylic oxidation sites excluding steroid dienone is 1. The molecule has 0 amide bonds. The number of hydrogen-bond acceptors (Lipinski definition) is 3. The van der Waals surface area contributed by atoms with Crippen molar-refractivity contribution in [3.63, 3.8) is 0 Å². The monoisotopic (exact) mass is 250 g/mol. The van der Waals surface area contributed by atoms with Crippen LogP contribution in [-0.2, 0) is 0 Å². The van der Waals surface area contributed by atoms with Gasteiger partial charge in [-0.2, -0.15) is 12.6 Å². The average Bonchev–Trinajstić information content (AvgIpc) is 2.29. The molecule has 0 aliphatic heterocycles. The number of thiol groups is 1. The van der Waals surface area contributed by atoms with Crippen LogP contribution in [0.5, 0.6) is 0 Å². The number of hydrogen-bond donors (Lipinski definition) is 1. The second-order valence-corrected chi connectivity index (χ2v) is 4.19. The van der Waals surface area contributed by atoms with Gasteiger partial charge in [-0.15, -0.1) is 0 Å². The second kappa shape index (κ2) is 5.32. The van der Waals surface area contributed by atoms with Crippen LogP contribution in [0.25, 0.3) is 17.1 Å². The maximum absolute atomic E-state index is 5.80. The molecule has 0 aliphatic carbocycles. The molecule has 0 spiro atoms. The zero-order valence-electron chi connectivity index (χ0n) is 8.60. The van der Waals surface area contributed by atoms with Gasteiger partial charge in [0, 0.05) is 0 Å². The van der Waals surface area contributed by atoms with Crippen LogP contribution >= 0.6 is 24.2 Å². The van der Waals surface area contributed by atoms with E-state index in [0.717, 1.165) is 28.8 Å². The molecule has 0 N–H and O–H groups in total. The Morgan fingerprint density at radius 1 is 1.31 bits per heavy atom. The lowest BCUT2D eigenvalue weighted by Crippen LogP contribution is -1.84. The first-order valence-electron chi connectivity index (χ1n) is 4.99. The van der Waals surface area contributed by atoms with Gasteiger partial charge in [-0.25, -0.2) is 4.98 Å². The Bertz CT molecular complexity index is 525. The first-order valence-corrected chi connectivity index (χ1v) is 6.00. The fourth-order valence-electron chi connectivity index (χ4n) is 1.40. The Kier molecular flexibility index (Phi) is 3.80. The highest BCUT2D eigenvalue weighted by Crippen LogP contribution is 2.15. The van der Waals surface area contributed by atoms with E-state index in [1.54, 1.807) is 6.20 Å². The molecule has 2 nitrogen and oxygen atoms in total. The van der Waals surface area contributed by atoms with Gasteiger partial charge in [0.05, 0.1) is 17.2 Å². The number of fused-ring (bicyclic) bond motifs is 1. The predicted octanol–water partition coefficient (Wildman–Crippen LogP) is 3.62. The molecule has 1 heterocycles. The molecule has 0 atom stereocenters. The van der Waals surface area contributed by atoms with Gasteiger partial charge in [0.2, 0.25) is 0 Å². The minimum Gasteiger partial charge on any atom is -0.251 e. The van der Waals surface area contributed by atoms with Gasteiger partial charge in [-0.1, -0.05) is 29.8 Å². The molecular weight excluding hydrogens is 240 g/mol. The minimum absolute atomic E-state index is 0.420. The van der Waals surface area contributed by atoms with Crippen molar-refractivity contribution in [1.29, 1.82) is 0 Å². The third-order valence-corrected chi connectivity index (χ3v) is 2.58. The van der Waals surface area contributed by atoms with Crippen molar-refractivity contribution in [2.24, 2.45) is 0 Å². The van der Waals surface area contributed by atoms with Crippen LogP contribution < -0.4 is 0 Å². The Morgan fingerprint density at radius 2 is 2.19 bits per heavy atom. The predicted molar refractivity (Wildman–Crippen MR) is 72.1 cm³/mol. The molecule has 1 aromatic heterocycles. The lowest BCUT2D eigenvalue weighted by atomic mass is 10.1. The molecule has 16 heavy (non-hydrogen) atoms. The number of nitrogens with zero attached hydrogens (tertiary/aromatic N) is 2. The summed E-state index contributed by atoms with van der Waals surface area (Å²) in [4.78, 5) is 8.41. The SMILES string of the molecule is SCCC=Cc1ccc2ncc(Cl)nc2c1. The van der Waals surface area contributed by atoms with Gasteiger partial charge in [0.25, 0.3) is 0 Å². The van der Waals surface area contributed by atoms with Crippen molar-refractivity contribution >= 4 is 41.3 Å². The van der Waals surface area contributed by atoms with Gasteiger partial charge in [-0.05, 0) is 29.9 Å². The Balaban J connectivity index is 2.35. The molecular formula is C12H11ClN2S. The molecule has 0 unspecified atom stereocenters. The Hall–Kier alpha value is -1.06. The highest BCUT2D eigenvalue weighted by molar-refractivity contribution is 7.80. The molecule has 0 saturated heterocycles. The number of rotatable bonds is 3. The normalized spacial score (nSPS) is 11.4. The molecule has 0 aliphatic rings. The fraction of sp³-hybridized carbons (Fsp3) is 0.167. The van der Waals surface area contributed by atoms with Crippen LogP contribution in [0, 0.1) is 0 Å². The number of benzene rings is 1. The van der Waals surface area contributed by atoms with Gasteiger partial charge >= 0.3 is 0 Å². The van der Waals surface area contributed by atoms with Gasteiger partial charge < -0.3 is 0 Å². The van der Waals surface area contributed by atoms with E-state index in [4.69, 9.17) is 11.6 Å². The van der Waals surface area contributed by atoms with Crippen LogP contribution in [-0.4, -0.2) is 15.7 Å². The van der Waals surface area contributed by atoms with Crippen LogP contribution in [0.1, 0.15) is 12.0 Å². The third kappa shape index (κ3) is 2.74. The van der Waals surface area contributed by atoms with Crippen LogP contribution in [0.4, 0.5) is 0 Å². The summed E-state index contributed by atoms with van der Waals surface area (Å²) in [5.74, 6) is 0.857. The Morgan fingerprint density at radius 3 is 3.00 bits per heavy atom. The molecule has 1 aromatic carbocycles. The van der Waals surface area contributed by atoms with Gasteiger partial charge in [0.1, 0.15) is 5.15 Å². The molecule has 0 fully saturated rings. The second-order valence-electron chi connectivity index (χ2n) is 3.36. The van der Waals surface area contributed by atoms with Gasteiger partial charge in [0.15, 0.2) is 0 Å². The number of aromatic nitrogens is 2. The zero-order chi connectivity index (χ0) is 11.4. The van der Waals surface area contributed by atoms with Crippen molar-refractivity contribution in [3.05, 3.63) is 41.2 Å². The average molecular weight is 251 g/mol. The summed E-state index contributed by atoms with van der Waals surface area (Å²) in [7, 11) is 0. The quantitative estimate of drug-likeness (QED) is 0.842. The molecule has 0 bridgehead atoms. The number of halogens is 1. The summed E-state index contributed by atoms with van der Waals surface area (Å²) in [6.07, 6.45) is 6.66. The maximum Gasteiger partial charge on any atom is 0.148 e. The first-order chi connectivity index (χ1) is 7.79. The highest BCUT2D eigenvalue weighted by atomic mass is 35.5. The van der Waals surface area contributed by atoms with E-state index in [1.807, 2.05) is 18.2 Å². The van der Waals surface area contributed by atoms with E-state index in [2.05, 4.69) is 34.7 Å². The van der Waals surface area contributed by atoms with Crippen molar-refractivity contribution in [2.45, 2.75) is 6.42 Å². The topological polar surface area (TPSA) is 25.8 Å². The van der Waals surface area contributed by atoms with E-state index >= 15 is 0 Å². The summed E-state index contributed by atoms with van der Waals surface area (Å²) in [6.45, 7) is 0. The fourth-order valence-corrected chi connectivity index (χ4v) is 1.69. The molecule has 2 rings (SSSR count). The standard InChI is InChI=1S/C12H11ClN2S/c13-12-8-14-10-5-4-9(3-1-2-6-16)7-11(10)15-12/h1,3-5,7-8,16H,2,6H2. The van der Waals surface area contributed by atoms with Crippen LogP contribution in [0.15, 0.2) is 30.5 Å². The molecule has 82 valence electrons. The lowest BCUT2D eigenvalue weighted by Gasteiger charge is -1.98. The van der Waals surface area contributed by atoms with Crippen LogP contribution in [0.3, 0.4) is 0 Å². The molecule has 0 saturated carbocycles. The van der Waals surface area contributed by atoms with Crippen molar-refractivity contribution in [1.82, 2.24) is 9.97 Å². The van der Waals surface area contributed by atoms with E-state index in [1.165, 1.54) is 0 Å². The summed E-state index contributed by atoms with van der Waals surface area (Å²) >= 11 is 9.94. The summed E-state index contributed by atoms with van der Waals surface area (Å²) in [5, 5.41) is 0.420. The zero-order valence-corrected chi connectivity index (χ0v) is 10.2. The maximum atomic E-state index is 5.80. The highest BCUT2D eigenvalue weighted by Gasteiger charge is 1.98. The van der Waals surface area contributed by atoms with E-state index in [0.29, 0.717) is 5.15 Å². The van der Waals surface area contributed by atoms with Gasteiger partial charge in [-0.3, -0.25) is 4.98 Å². The van der Waals surface area contributed by atoms with E-state index in [-0.39, 0.29) is 0 Å². The summed E-state index contributed by atoms with van der Waals surface area (Å²) in [5.41, 5.74) is 2.78. The van der Waals surface area contributed by atoms with E-state index < -0.39 is 0 Å². The van der Waals surface area contributed by atoms with Crippen molar-refractivity contribution in [3.8, 4) is 0 Å². The summed E-state index contributed by atoms with van der Waals surface area (Å²) < 4.78 is 0. The lowest BCUT2D eigenvalue weighted by molar-refractivity contribution is 1.26. The van der Waals surface area contributed by atoms with Crippen molar-refractivity contribution in [2.75, 3.05) is 5.75 Å². The smallest absolute Gasteiger partial charge is 0.148 e. The molecule has 4 heteroatoms.